The number of fused-ring (bicyclic) bond motifs is 1. The summed E-state index contributed by atoms with van der Waals surface area (Å²) in [5, 5.41) is 0.978. The van der Waals surface area contributed by atoms with Gasteiger partial charge in [-0.3, -0.25) is 4.98 Å². The average Bonchev–Trinajstić information content (AvgIpc) is 2.91. The molecule has 0 radical (unpaired) electrons. The fraction of sp³-hybridized carbons (Fsp3) is 0.200. The van der Waals surface area contributed by atoms with E-state index >= 15 is 0 Å². The summed E-state index contributed by atoms with van der Waals surface area (Å²) in [4.78, 5) is 8.86. The Bertz CT molecular complexity index is 739. The monoisotopic (exact) mass is 285 g/mol. The van der Waals surface area contributed by atoms with Crippen LogP contribution in [0.2, 0.25) is 0 Å². The van der Waals surface area contributed by atoms with E-state index in [9.17, 15) is 0 Å². The highest BCUT2D eigenvalue weighted by molar-refractivity contribution is 7.21. The molecule has 0 spiro atoms. The molecule has 0 unspecified atom stereocenters. The second-order valence-electron chi connectivity index (χ2n) is 4.32. The van der Waals surface area contributed by atoms with Crippen LogP contribution in [0.1, 0.15) is 12.6 Å². The summed E-state index contributed by atoms with van der Waals surface area (Å²) in [5.41, 5.74) is 8.54. The topological polar surface area (TPSA) is 61.0 Å². The maximum absolute atomic E-state index is 5.63. The summed E-state index contributed by atoms with van der Waals surface area (Å²) in [5.74, 6) is 0.882. The minimum absolute atomic E-state index is 0.438. The molecule has 102 valence electrons. The largest absolute Gasteiger partial charge is 0.494 e. The van der Waals surface area contributed by atoms with Crippen molar-refractivity contribution >= 4 is 21.6 Å². The molecule has 0 aliphatic rings. The van der Waals surface area contributed by atoms with Crippen LogP contribution in [0.4, 0.5) is 0 Å². The standard InChI is InChI=1S/C15H15N3OS/c1-2-19-12-3-4-13-14(8-12)20-15(18-13)10-5-6-17-11(7-10)9-16/h3-8H,2,9,16H2,1H3. The van der Waals surface area contributed by atoms with E-state index in [1.165, 1.54) is 0 Å². The van der Waals surface area contributed by atoms with Gasteiger partial charge in [0.1, 0.15) is 10.8 Å². The number of benzene rings is 1. The molecule has 0 fully saturated rings. The number of aromatic nitrogens is 2. The van der Waals surface area contributed by atoms with E-state index in [0.29, 0.717) is 13.2 Å². The lowest BCUT2D eigenvalue weighted by Gasteiger charge is -2.00. The molecule has 3 rings (SSSR count). The van der Waals surface area contributed by atoms with Crippen molar-refractivity contribution in [2.45, 2.75) is 13.5 Å². The molecule has 0 aliphatic heterocycles. The Kier molecular flexibility index (Phi) is 3.62. The lowest BCUT2D eigenvalue weighted by molar-refractivity contribution is 0.341. The van der Waals surface area contributed by atoms with Crippen molar-refractivity contribution < 1.29 is 4.74 Å². The van der Waals surface area contributed by atoms with Crippen LogP contribution in [0.15, 0.2) is 36.5 Å². The molecule has 20 heavy (non-hydrogen) atoms. The fourth-order valence-electron chi connectivity index (χ4n) is 2.01. The summed E-state index contributed by atoms with van der Waals surface area (Å²) in [6, 6.07) is 9.92. The van der Waals surface area contributed by atoms with Crippen molar-refractivity contribution in [1.82, 2.24) is 9.97 Å². The normalized spacial score (nSPS) is 10.9. The molecule has 0 bridgehead atoms. The van der Waals surface area contributed by atoms with Crippen LogP contribution in [0, 0.1) is 0 Å². The van der Waals surface area contributed by atoms with Gasteiger partial charge in [0.15, 0.2) is 0 Å². The van der Waals surface area contributed by atoms with Crippen LogP contribution in [0.3, 0.4) is 0 Å². The number of thiazole rings is 1. The minimum atomic E-state index is 0.438. The third kappa shape index (κ3) is 2.50. The van der Waals surface area contributed by atoms with Crippen LogP contribution >= 0.6 is 11.3 Å². The Morgan fingerprint density at radius 2 is 2.15 bits per heavy atom. The van der Waals surface area contributed by atoms with Gasteiger partial charge in [-0.25, -0.2) is 4.98 Å². The lowest BCUT2D eigenvalue weighted by Crippen LogP contribution is -1.98. The van der Waals surface area contributed by atoms with E-state index in [0.717, 1.165) is 32.2 Å². The molecular weight excluding hydrogens is 270 g/mol. The van der Waals surface area contributed by atoms with Gasteiger partial charge in [-0.15, -0.1) is 11.3 Å². The van der Waals surface area contributed by atoms with Crippen molar-refractivity contribution in [2.24, 2.45) is 5.73 Å². The molecule has 5 heteroatoms. The van der Waals surface area contributed by atoms with E-state index in [1.807, 2.05) is 37.3 Å². The Balaban J connectivity index is 2.03. The first-order valence-corrected chi connectivity index (χ1v) is 7.30. The predicted molar refractivity (Wildman–Crippen MR) is 81.9 cm³/mol. The summed E-state index contributed by atoms with van der Waals surface area (Å²) in [6.45, 7) is 3.09. The van der Waals surface area contributed by atoms with Gasteiger partial charge in [-0.2, -0.15) is 0 Å². The Morgan fingerprint density at radius 3 is 2.95 bits per heavy atom. The molecule has 0 aliphatic carbocycles. The van der Waals surface area contributed by atoms with Gasteiger partial charge in [0.05, 0.1) is 22.5 Å². The zero-order valence-electron chi connectivity index (χ0n) is 11.2. The van der Waals surface area contributed by atoms with Crippen molar-refractivity contribution in [1.29, 1.82) is 0 Å². The lowest BCUT2D eigenvalue weighted by atomic mass is 10.2. The molecule has 1 aromatic carbocycles. The molecular formula is C15H15N3OS. The third-order valence-corrected chi connectivity index (χ3v) is 4.01. The van der Waals surface area contributed by atoms with Gasteiger partial charge in [-0.05, 0) is 37.3 Å². The van der Waals surface area contributed by atoms with Crippen LogP contribution in [-0.2, 0) is 6.54 Å². The molecule has 0 atom stereocenters. The van der Waals surface area contributed by atoms with Crippen molar-refractivity contribution in [3.63, 3.8) is 0 Å². The zero-order chi connectivity index (χ0) is 13.9. The Morgan fingerprint density at radius 1 is 1.25 bits per heavy atom. The van der Waals surface area contributed by atoms with Crippen molar-refractivity contribution in [3.05, 3.63) is 42.2 Å². The number of pyridine rings is 1. The van der Waals surface area contributed by atoms with Gasteiger partial charge < -0.3 is 10.5 Å². The van der Waals surface area contributed by atoms with Crippen LogP contribution in [0.25, 0.3) is 20.8 Å². The molecule has 2 aromatic heterocycles. The number of hydrogen-bond acceptors (Lipinski definition) is 5. The Labute approximate surface area is 121 Å². The number of rotatable bonds is 4. The van der Waals surface area contributed by atoms with E-state index in [2.05, 4.69) is 9.97 Å². The first-order chi connectivity index (χ1) is 9.80. The highest BCUT2D eigenvalue weighted by Gasteiger charge is 2.08. The summed E-state index contributed by atoms with van der Waals surface area (Å²) in [6.07, 6.45) is 1.77. The molecule has 2 heterocycles. The first kappa shape index (κ1) is 13.0. The molecule has 2 N–H and O–H groups in total. The molecule has 4 nitrogen and oxygen atoms in total. The van der Waals surface area contributed by atoms with E-state index in [1.54, 1.807) is 17.5 Å². The second kappa shape index (κ2) is 5.56. The minimum Gasteiger partial charge on any atom is -0.494 e. The highest BCUT2D eigenvalue weighted by atomic mass is 32.1. The average molecular weight is 285 g/mol. The van der Waals surface area contributed by atoms with Gasteiger partial charge in [-0.1, -0.05) is 0 Å². The SMILES string of the molecule is CCOc1ccc2nc(-c3ccnc(CN)c3)sc2c1. The van der Waals surface area contributed by atoms with Gasteiger partial charge in [0.25, 0.3) is 0 Å². The zero-order valence-corrected chi connectivity index (χ0v) is 12.0. The van der Waals surface area contributed by atoms with Crippen LogP contribution < -0.4 is 10.5 Å². The Hall–Kier alpha value is -1.98. The quantitative estimate of drug-likeness (QED) is 0.799. The molecule has 0 saturated carbocycles. The van der Waals surface area contributed by atoms with Gasteiger partial charge in [0.2, 0.25) is 0 Å². The van der Waals surface area contributed by atoms with E-state index < -0.39 is 0 Å². The van der Waals surface area contributed by atoms with Gasteiger partial charge in [0, 0.05) is 18.3 Å². The summed E-state index contributed by atoms with van der Waals surface area (Å²) in [7, 11) is 0. The number of nitrogens with zero attached hydrogens (tertiary/aromatic N) is 2. The molecule has 0 saturated heterocycles. The van der Waals surface area contributed by atoms with E-state index in [-0.39, 0.29) is 0 Å². The summed E-state index contributed by atoms with van der Waals surface area (Å²) >= 11 is 1.65. The van der Waals surface area contributed by atoms with Crippen molar-refractivity contribution in [3.8, 4) is 16.3 Å². The van der Waals surface area contributed by atoms with E-state index in [4.69, 9.17) is 10.5 Å². The van der Waals surface area contributed by atoms with Gasteiger partial charge >= 0.3 is 0 Å². The maximum Gasteiger partial charge on any atom is 0.124 e. The van der Waals surface area contributed by atoms with Crippen LogP contribution in [0.5, 0.6) is 5.75 Å². The number of nitrogens with two attached hydrogens (primary N) is 1. The summed E-state index contributed by atoms with van der Waals surface area (Å²) < 4.78 is 6.64. The highest BCUT2D eigenvalue weighted by Crippen LogP contribution is 2.32. The number of hydrogen-bond donors (Lipinski definition) is 1. The predicted octanol–water partition coefficient (Wildman–Crippen LogP) is 3.22. The molecule has 0 amide bonds. The fourth-order valence-corrected chi connectivity index (χ4v) is 3.00. The maximum atomic E-state index is 5.63. The first-order valence-electron chi connectivity index (χ1n) is 6.49. The van der Waals surface area contributed by atoms with Crippen LogP contribution in [-0.4, -0.2) is 16.6 Å². The third-order valence-electron chi connectivity index (χ3n) is 2.94. The van der Waals surface area contributed by atoms with Crippen molar-refractivity contribution in [2.75, 3.05) is 6.61 Å². The smallest absolute Gasteiger partial charge is 0.124 e. The number of ether oxygens (including phenoxy) is 1. The second-order valence-corrected chi connectivity index (χ2v) is 5.35. The molecule has 3 aromatic rings.